The SMILES string of the molecule is CC(=O)Cn1c(=O)c2[nH]cnc2n(C)c1=O.C[SiH2]O. The van der Waals surface area contributed by atoms with Crippen molar-refractivity contribution in [2.45, 2.75) is 20.0 Å². The summed E-state index contributed by atoms with van der Waals surface area (Å²) in [4.78, 5) is 48.8. The average molecular weight is 284 g/mol. The molecule has 0 atom stereocenters. The second-order valence-corrected chi connectivity index (χ2v) is 4.48. The van der Waals surface area contributed by atoms with E-state index < -0.39 is 21.0 Å². The van der Waals surface area contributed by atoms with Crippen molar-refractivity contribution >= 4 is 26.7 Å². The number of rotatable bonds is 2. The summed E-state index contributed by atoms with van der Waals surface area (Å²) in [5.74, 6) is -0.252. The van der Waals surface area contributed by atoms with Crippen LogP contribution in [0.25, 0.3) is 11.2 Å². The van der Waals surface area contributed by atoms with Crippen LogP contribution >= 0.6 is 0 Å². The molecule has 0 bridgehead atoms. The molecule has 0 aromatic carbocycles. The van der Waals surface area contributed by atoms with E-state index in [1.165, 1.54) is 24.9 Å². The Hall–Kier alpha value is -2.00. The van der Waals surface area contributed by atoms with Crippen LogP contribution in [0.2, 0.25) is 6.55 Å². The van der Waals surface area contributed by atoms with Crippen molar-refractivity contribution in [3.05, 3.63) is 27.2 Å². The van der Waals surface area contributed by atoms with Crippen molar-refractivity contribution in [1.82, 2.24) is 19.1 Å². The Morgan fingerprint density at radius 2 is 2.11 bits per heavy atom. The molecule has 2 aromatic heterocycles. The average Bonchev–Trinajstić information content (AvgIpc) is 2.82. The number of H-pyrrole nitrogens is 1. The summed E-state index contributed by atoms with van der Waals surface area (Å²) in [7, 11) is 0.918. The smallest absolute Gasteiger partial charge is 0.332 e. The number of nitrogens with zero attached hydrogens (tertiary/aromatic N) is 3. The molecule has 0 spiro atoms. The van der Waals surface area contributed by atoms with E-state index in [9.17, 15) is 14.4 Å². The second-order valence-electron chi connectivity index (χ2n) is 3.85. The van der Waals surface area contributed by atoms with Gasteiger partial charge in [-0.3, -0.25) is 18.7 Å². The number of hydrogen-bond acceptors (Lipinski definition) is 5. The molecule has 9 heteroatoms. The Bertz CT molecular complexity index is 700. The molecular weight excluding hydrogens is 268 g/mol. The highest BCUT2D eigenvalue weighted by molar-refractivity contribution is 6.22. The number of Topliss-reactive ketones (excluding diaryl/α,β-unsaturated/α-hetero) is 1. The molecule has 19 heavy (non-hydrogen) atoms. The van der Waals surface area contributed by atoms with Crippen molar-refractivity contribution in [3.8, 4) is 0 Å². The van der Waals surface area contributed by atoms with Crippen LogP contribution in [-0.2, 0) is 18.4 Å². The summed E-state index contributed by atoms with van der Waals surface area (Å²) >= 11 is 0. The highest BCUT2D eigenvalue weighted by atomic mass is 28.2. The molecule has 2 heterocycles. The predicted octanol–water partition coefficient (Wildman–Crippen LogP) is -1.88. The largest absolute Gasteiger partial charge is 0.438 e. The third kappa shape index (κ3) is 3.06. The van der Waals surface area contributed by atoms with Gasteiger partial charge in [-0.05, 0) is 6.92 Å². The zero-order valence-electron chi connectivity index (χ0n) is 11.0. The molecule has 0 aliphatic heterocycles. The number of aromatic nitrogens is 4. The first-order valence-corrected chi connectivity index (χ1v) is 7.71. The molecule has 0 unspecified atom stereocenters. The van der Waals surface area contributed by atoms with Crippen molar-refractivity contribution in [1.29, 1.82) is 0 Å². The lowest BCUT2D eigenvalue weighted by Gasteiger charge is -2.05. The van der Waals surface area contributed by atoms with Gasteiger partial charge in [0.1, 0.15) is 11.3 Å². The number of nitrogens with one attached hydrogen (secondary N) is 1. The maximum Gasteiger partial charge on any atom is 0.332 e. The van der Waals surface area contributed by atoms with Crippen molar-refractivity contribution in [3.63, 3.8) is 0 Å². The van der Waals surface area contributed by atoms with Crippen molar-refractivity contribution in [2.24, 2.45) is 7.05 Å². The summed E-state index contributed by atoms with van der Waals surface area (Å²) in [6, 6.07) is 0. The van der Waals surface area contributed by atoms with Crippen LogP contribution in [0.1, 0.15) is 6.92 Å². The molecule has 0 amide bonds. The van der Waals surface area contributed by atoms with Gasteiger partial charge in [-0.15, -0.1) is 0 Å². The quantitative estimate of drug-likeness (QED) is 0.627. The number of aromatic amines is 1. The van der Waals surface area contributed by atoms with Gasteiger partial charge in [0.05, 0.1) is 12.9 Å². The fourth-order valence-electron chi connectivity index (χ4n) is 1.55. The maximum absolute atomic E-state index is 11.8. The summed E-state index contributed by atoms with van der Waals surface area (Å²) in [6.45, 7) is 2.92. The van der Waals surface area contributed by atoms with Gasteiger partial charge >= 0.3 is 5.69 Å². The van der Waals surface area contributed by atoms with Crippen LogP contribution in [0, 0.1) is 0 Å². The molecule has 0 saturated heterocycles. The summed E-state index contributed by atoms with van der Waals surface area (Å²) in [6.07, 6.45) is 1.34. The fraction of sp³-hybridized carbons (Fsp3) is 0.400. The van der Waals surface area contributed by atoms with E-state index in [2.05, 4.69) is 9.97 Å². The minimum Gasteiger partial charge on any atom is -0.438 e. The second kappa shape index (κ2) is 6.25. The van der Waals surface area contributed by atoms with Gasteiger partial charge in [0, 0.05) is 7.05 Å². The van der Waals surface area contributed by atoms with Gasteiger partial charge < -0.3 is 9.78 Å². The lowest BCUT2D eigenvalue weighted by Crippen LogP contribution is -2.40. The third-order valence-corrected chi connectivity index (χ3v) is 2.29. The van der Waals surface area contributed by atoms with E-state index in [0.717, 1.165) is 4.57 Å². The van der Waals surface area contributed by atoms with E-state index in [0.29, 0.717) is 0 Å². The zero-order valence-corrected chi connectivity index (χ0v) is 12.4. The zero-order chi connectivity index (χ0) is 14.6. The third-order valence-electron chi connectivity index (χ3n) is 2.29. The number of carbonyl (C=O) groups excluding carboxylic acids is 1. The van der Waals surface area contributed by atoms with Gasteiger partial charge in [-0.25, -0.2) is 9.78 Å². The van der Waals surface area contributed by atoms with Gasteiger partial charge in [-0.2, -0.15) is 0 Å². The molecule has 104 valence electrons. The summed E-state index contributed by atoms with van der Waals surface area (Å²) in [5, 5.41) is 0. The molecule has 8 nitrogen and oxygen atoms in total. The molecule has 0 aliphatic carbocycles. The van der Waals surface area contributed by atoms with Gasteiger partial charge in [0.2, 0.25) is 0 Å². The van der Waals surface area contributed by atoms with Gasteiger partial charge in [0.15, 0.2) is 15.4 Å². The molecule has 2 rings (SSSR count). The van der Waals surface area contributed by atoms with Crippen LogP contribution in [0.5, 0.6) is 0 Å². The Kier molecular flexibility index (Phi) is 4.95. The molecule has 0 saturated carbocycles. The minimum absolute atomic E-state index is 0.222. The molecule has 0 aliphatic rings. The minimum atomic E-state index is -0.583. The molecule has 2 N–H and O–H groups in total. The molecular formula is C10H16N4O4Si. The number of aryl methyl sites for hydroxylation is 1. The van der Waals surface area contributed by atoms with Crippen molar-refractivity contribution < 1.29 is 9.59 Å². The summed E-state index contributed by atoms with van der Waals surface area (Å²) in [5.41, 5.74) is -0.552. The number of ketones is 1. The lowest BCUT2D eigenvalue weighted by molar-refractivity contribution is -0.117. The highest BCUT2D eigenvalue weighted by Gasteiger charge is 2.13. The number of carbonyl (C=O) groups is 1. The Morgan fingerprint density at radius 3 is 2.63 bits per heavy atom. The first-order chi connectivity index (χ1) is 8.93. The standard InChI is InChI=1S/C9H10N4O3.CH6OSi/c1-5(14)3-13-8(15)6-7(11-4-10-6)12(2)9(13)16;1-3-2/h4H,3H2,1-2H3,(H,10,11);2H,3H2,1H3. The maximum atomic E-state index is 11.8. The van der Waals surface area contributed by atoms with E-state index in [-0.39, 0.29) is 23.5 Å². The highest BCUT2D eigenvalue weighted by Crippen LogP contribution is 1.98. The van der Waals surface area contributed by atoms with Crippen LogP contribution in [0.3, 0.4) is 0 Å². The predicted molar refractivity (Wildman–Crippen MR) is 72.9 cm³/mol. The Morgan fingerprint density at radius 1 is 1.53 bits per heavy atom. The molecule has 0 fully saturated rings. The van der Waals surface area contributed by atoms with Crippen molar-refractivity contribution in [2.75, 3.05) is 0 Å². The van der Waals surface area contributed by atoms with E-state index in [1.807, 2.05) is 6.55 Å². The van der Waals surface area contributed by atoms with Crippen LogP contribution in [0.4, 0.5) is 0 Å². The first kappa shape index (κ1) is 15.1. The van der Waals surface area contributed by atoms with Crippen LogP contribution < -0.4 is 11.2 Å². The monoisotopic (exact) mass is 284 g/mol. The topological polar surface area (TPSA) is 110 Å². The van der Waals surface area contributed by atoms with Crippen LogP contribution in [0.15, 0.2) is 15.9 Å². The van der Waals surface area contributed by atoms with Crippen LogP contribution in [-0.4, -0.2) is 39.4 Å². The molecule has 2 aromatic rings. The number of imidazole rings is 1. The van der Waals surface area contributed by atoms with E-state index in [1.54, 1.807) is 0 Å². The summed E-state index contributed by atoms with van der Waals surface area (Å²) < 4.78 is 2.12. The van der Waals surface area contributed by atoms with Gasteiger partial charge in [0.25, 0.3) is 5.56 Å². The fourth-order valence-corrected chi connectivity index (χ4v) is 1.55. The van der Waals surface area contributed by atoms with E-state index in [4.69, 9.17) is 4.80 Å². The lowest BCUT2D eigenvalue weighted by atomic mass is 10.4. The Labute approximate surface area is 110 Å². The normalized spacial score (nSPS) is 10.7. The Balaban J connectivity index is 0.000000550. The van der Waals surface area contributed by atoms with Gasteiger partial charge in [-0.1, -0.05) is 6.55 Å². The first-order valence-electron chi connectivity index (χ1n) is 5.67. The molecule has 0 radical (unpaired) electrons. The number of hydrogen-bond donors (Lipinski definition) is 2. The van der Waals surface area contributed by atoms with E-state index >= 15 is 0 Å². The number of fused-ring (bicyclic) bond motifs is 1.